The van der Waals surface area contributed by atoms with Crippen molar-refractivity contribution in [2.75, 3.05) is 6.54 Å². The van der Waals surface area contributed by atoms with Gasteiger partial charge in [0.05, 0.1) is 10.6 Å². The summed E-state index contributed by atoms with van der Waals surface area (Å²) in [5.41, 5.74) is 1.00. The fraction of sp³-hybridized carbons (Fsp3) is 0.154. The number of amides is 2. The maximum atomic E-state index is 13.8. The minimum atomic E-state index is -4.63. The average molecular weight is 585 g/mol. The van der Waals surface area contributed by atoms with Crippen LogP contribution in [-0.2, 0) is 22.6 Å². The molecule has 7 nitrogen and oxygen atoms in total. The van der Waals surface area contributed by atoms with Gasteiger partial charge < -0.3 is 10.0 Å². The summed E-state index contributed by atoms with van der Waals surface area (Å²) in [6.45, 7) is 1.67. The summed E-state index contributed by atoms with van der Waals surface area (Å²) in [6.07, 6.45) is -4.30. The Morgan fingerprint density at radius 3 is 2.21 bits per heavy atom. The smallest absolute Gasteiger partial charge is 0.448 e. The third-order valence-corrected chi connectivity index (χ3v) is 7.16. The second-order valence-electron chi connectivity index (χ2n) is 8.25. The van der Waals surface area contributed by atoms with E-state index in [9.17, 15) is 26.4 Å². The summed E-state index contributed by atoms with van der Waals surface area (Å²) in [4.78, 5) is 11.9. The predicted molar refractivity (Wildman–Crippen MR) is 138 cm³/mol. The molecule has 1 aromatic heterocycles. The molecule has 0 fully saturated rings. The number of alkyl halides is 3. The average Bonchev–Trinajstić information content (AvgIpc) is 3.22. The molecule has 198 valence electrons. The standard InChI is InChI=1S/C26H22ClF3N4O3S.Na/c1-17-23(19-5-3-2-4-6-19)24(26(28,29)30)32-34(17)21-11-7-18(8-12-21)15-16-31-25(35)33-38(36,37)22-13-9-20(27)10-14-22;/h2-14H,15-16H2,1H3,(H2,31,33,35);/q;+1/p-1. The summed E-state index contributed by atoms with van der Waals surface area (Å²) in [7, 11) is -4.18. The minimum absolute atomic E-state index is 0. The second-order valence-corrected chi connectivity index (χ2v) is 10.3. The van der Waals surface area contributed by atoms with Gasteiger partial charge >= 0.3 is 35.7 Å². The fourth-order valence-corrected chi connectivity index (χ4v) is 4.82. The van der Waals surface area contributed by atoms with Crippen LogP contribution in [0.4, 0.5) is 18.0 Å². The largest absolute Gasteiger partial charge is 1.00 e. The van der Waals surface area contributed by atoms with Crippen molar-refractivity contribution in [1.82, 2.24) is 15.1 Å². The van der Waals surface area contributed by atoms with E-state index in [1.165, 1.54) is 28.9 Å². The number of hydrogen-bond donors (Lipinski definition) is 1. The van der Waals surface area contributed by atoms with Crippen molar-refractivity contribution < 1.29 is 55.9 Å². The Labute approximate surface area is 250 Å². The Hall–Kier alpha value is -2.83. The Morgan fingerprint density at radius 2 is 1.62 bits per heavy atom. The first-order valence-electron chi connectivity index (χ1n) is 11.3. The van der Waals surface area contributed by atoms with Crippen LogP contribution in [0.25, 0.3) is 21.5 Å². The van der Waals surface area contributed by atoms with Crippen molar-refractivity contribution in [3.63, 3.8) is 0 Å². The summed E-state index contributed by atoms with van der Waals surface area (Å²) in [5, 5.41) is 6.63. The molecule has 0 spiro atoms. The van der Waals surface area contributed by atoms with Crippen molar-refractivity contribution in [3.05, 3.63) is 106 Å². The number of nitrogens with zero attached hydrogens (tertiary/aromatic N) is 3. The van der Waals surface area contributed by atoms with Crippen LogP contribution in [0.1, 0.15) is 17.0 Å². The number of urea groups is 1. The molecule has 0 aliphatic rings. The third kappa shape index (κ3) is 7.43. The Balaban J connectivity index is 0.00000420. The van der Waals surface area contributed by atoms with Crippen molar-refractivity contribution in [2.24, 2.45) is 0 Å². The molecule has 0 atom stereocenters. The molecule has 2 amide bonds. The first kappa shape index (κ1) is 30.7. The van der Waals surface area contributed by atoms with Gasteiger partial charge in [0.2, 0.25) is 10.0 Å². The summed E-state index contributed by atoms with van der Waals surface area (Å²) in [5.74, 6) is 0. The van der Waals surface area contributed by atoms with Crippen LogP contribution in [0.3, 0.4) is 0 Å². The molecule has 0 aliphatic heterocycles. The first-order valence-corrected chi connectivity index (χ1v) is 13.1. The molecule has 1 N–H and O–H groups in total. The Bertz CT molecular complexity index is 1540. The SMILES string of the molecule is Cc1c(-c2ccccc2)c(C(F)(F)F)nn1-c1ccc(CCNC(=O)[N-]S(=O)(=O)c2ccc(Cl)cc2)cc1.[Na+]. The molecule has 0 unspecified atom stereocenters. The molecule has 0 radical (unpaired) electrons. The normalized spacial score (nSPS) is 11.5. The van der Waals surface area contributed by atoms with E-state index in [1.807, 2.05) is 0 Å². The van der Waals surface area contributed by atoms with Crippen molar-refractivity contribution in [1.29, 1.82) is 0 Å². The summed E-state index contributed by atoms with van der Waals surface area (Å²) >= 11 is 5.74. The van der Waals surface area contributed by atoms with Gasteiger partial charge in [0, 0.05) is 16.3 Å². The van der Waals surface area contributed by atoms with Crippen LogP contribution in [0.15, 0.2) is 83.8 Å². The Kier molecular flexibility index (Phi) is 9.89. The van der Waals surface area contributed by atoms with Gasteiger partial charge in [0.25, 0.3) is 0 Å². The number of nitrogens with one attached hydrogen (secondary N) is 1. The van der Waals surface area contributed by atoms with Gasteiger partial charge in [-0.05, 0) is 67.4 Å². The molecule has 0 saturated carbocycles. The zero-order valence-corrected chi connectivity index (χ0v) is 24.5. The molecule has 0 bridgehead atoms. The molecule has 4 rings (SSSR count). The van der Waals surface area contributed by atoms with Crippen molar-refractivity contribution in [2.45, 2.75) is 24.4 Å². The third-order valence-electron chi connectivity index (χ3n) is 5.63. The number of sulfonamides is 1. The zero-order chi connectivity index (χ0) is 27.5. The molecule has 13 heteroatoms. The van der Waals surface area contributed by atoms with Crippen LogP contribution in [0, 0.1) is 6.92 Å². The van der Waals surface area contributed by atoms with E-state index in [4.69, 9.17) is 11.6 Å². The topological polar surface area (TPSA) is 95.2 Å². The molecule has 3 aromatic carbocycles. The van der Waals surface area contributed by atoms with Gasteiger partial charge in [-0.1, -0.05) is 54.1 Å². The van der Waals surface area contributed by atoms with Crippen LogP contribution in [0.2, 0.25) is 5.02 Å². The monoisotopic (exact) mass is 584 g/mol. The van der Waals surface area contributed by atoms with Crippen LogP contribution in [0.5, 0.6) is 0 Å². The van der Waals surface area contributed by atoms with Crippen molar-refractivity contribution >= 4 is 27.7 Å². The molecule has 0 saturated heterocycles. The number of rotatable bonds is 7. The van der Waals surface area contributed by atoms with E-state index in [1.54, 1.807) is 61.5 Å². The fourth-order valence-electron chi connectivity index (χ4n) is 3.82. The molecular weight excluding hydrogens is 564 g/mol. The van der Waals surface area contributed by atoms with E-state index in [-0.39, 0.29) is 46.6 Å². The maximum absolute atomic E-state index is 13.8. The number of hydrogen-bond acceptors (Lipinski definition) is 4. The number of carbonyl (C=O) groups excluding carboxylic acids is 1. The summed E-state index contributed by atoms with van der Waals surface area (Å²) in [6, 6.07) is 19.1. The number of benzene rings is 3. The van der Waals surface area contributed by atoms with Crippen LogP contribution < -0.4 is 34.9 Å². The molecule has 39 heavy (non-hydrogen) atoms. The summed E-state index contributed by atoms with van der Waals surface area (Å²) < 4.78 is 70.2. The van der Waals surface area contributed by atoms with Gasteiger partial charge in [0.1, 0.15) is 0 Å². The molecule has 4 aromatic rings. The van der Waals surface area contributed by atoms with E-state index < -0.39 is 27.9 Å². The quantitative estimate of drug-likeness (QED) is 0.336. The Morgan fingerprint density at radius 1 is 1.00 bits per heavy atom. The van der Waals surface area contributed by atoms with Gasteiger partial charge in [0.15, 0.2) is 11.7 Å². The van der Waals surface area contributed by atoms with Crippen molar-refractivity contribution in [3.8, 4) is 16.8 Å². The molecule has 1 heterocycles. The first-order chi connectivity index (χ1) is 18.0. The van der Waals surface area contributed by atoms with E-state index >= 15 is 0 Å². The van der Waals surface area contributed by atoms with E-state index in [2.05, 4.69) is 15.1 Å². The maximum Gasteiger partial charge on any atom is 1.00 e. The number of carbonyl (C=O) groups is 1. The van der Waals surface area contributed by atoms with Gasteiger partial charge in [-0.3, -0.25) is 4.79 Å². The number of aromatic nitrogens is 2. The minimum Gasteiger partial charge on any atom is -0.448 e. The van der Waals surface area contributed by atoms with Gasteiger partial charge in [-0.15, -0.1) is 0 Å². The van der Waals surface area contributed by atoms with Crippen LogP contribution in [-0.4, -0.2) is 30.8 Å². The van der Waals surface area contributed by atoms with Crippen LogP contribution >= 0.6 is 11.6 Å². The zero-order valence-electron chi connectivity index (χ0n) is 20.9. The van der Waals surface area contributed by atoms with Gasteiger partial charge in [-0.2, -0.15) is 18.3 Å². The van der Waals surface area contributed by atoms with E-state index in [0.717, 1.165) is 5.56 Å². The second kappa shape index (κ2) is 12.6. The molecule has 0 aliphatic carbocycles. The van der Waals surface area contributed by atoms with Gasteiger partial charge in [-0.25, -0.2) is 13.1 Å². The predicted octanol–water partition coefficient (Wildman–Crippen LogP) is 3.54. The van der Waals surface area contributed by atoms with E-state index in [0.29, 0.717) is 28.4 Å². The molecular formula is C26H21ClF3N4NaO3S. The number of halogens is 4.